The predicted molar refractivity (Wildman–Crippen MR) is 160 cm³/mol. The number of carbonyl (C=O) groups is 2. The molecule has 10 heteroatoms. The zero-order valence-corrected chi connectivity index (χ0v) is 24.9. The summed E-state index contributed by atoms with van der Waals surface area (Å²) in [4.78, 5) is 28.3. The normalized spacial score (nSPS) is 13.1. The number of thiophene rings is 2. The van der Waals surface area contributed by atoms with Crippen LogP contribution in [-0.2, 0) is 28.9 Å². The lowest BCUT2D eigenvalue weighted by atomic mass is 10.0. The van der Waals surface area contributed by atoms with Crippen molar-refractivity contribution in [1.29, 1.82) is 0 Å². The molecule has 5 rings (SSSR count). The monoisotopic (exact) mass is 580 g/mol. The Balaban J connectivity index is 1.34. The molecule has 0 radical (unpaired) electrons. The molecule has 0 unspecified atom stereocenters. The van der Waals surface area contributed by atoms with Gasteiger partial charge in [-0.3, -0.25) is 4.79 Å². The van der Waals surface area contributed by atoms with Gasteiger partial charge in [0.15, 0.2) is 11.0 Å². The number of rotatable bonds is 9. The van der Waals surface area contributed by atoms with E-state index >= 15 is 0 Å². The number of fused-ring (bicyclic) bond motifs is 1. The molecule has 3 heterocycles. The van der Waals surface area contributed by atoms with Gasteiger partial charge in [-0.15, -0.1) is 32.9 Å². The Morgan fingerprint density at radius 1 is 1.10 bits per heavy atom. The highest BCUT2D eigenvalue weighted by atomic mass is 32.2. The Hall–Kier alpha value is -2.95. The van der Waals surface area contributed by atoms with Crippen molar-refractivity contribution < 1.29 is 14.3 Å². The minimum absolute atomic E-state index is 0.164. The fourth-order valence-electron chi connectivity index (χ4n) is 5.01. The van der Waals surface area contributed by atoms with Gasteiger partial charge in [0.2, 0.25) is 5.91 Å². The van der Waals surface area contributed by atoms with Gasteiger partial charge in [-0.2, -0.15) is 0 Å². The van der Waals surface area contributed by atoms with Crippen molar-refractivity contribution in [3.63, 3.8) is 0 Å². The van der Waals surface area contributed by atoms with Crippen LogP contribution in [0, 0.1) is 6.92 Å². The van der Waals surface area contributed by atoms with Crippen molar-refractivity contribution in [2.45, 2.75) is 64.6 Å². The van der Waals surface area contributed by atoms with Crippen molar-refractivity contribution in [2.75, 3.05) is 17.7 Å². The number of ether oxygens (including phenoxy) is 1. The lowest BCUT2D eigenvalue weighted by molar-refractivity contribution is -0.113. The molecule has 0 bridgehead atoms. The van der Waals surface area contributed by atoms with Gasteiger partial charge in [-0.1, -0.05) is 48.5 Å². The van der Waals surface area contributed by atoms with E-state index in [0.717, 1.165) is 54.6 Å². The van der Waals surface area contributed by atoms with E-state index in [1.54, 1.807) is 18.3 Å². The number of benzene rings is 1. The van der Waals surface area contributed by atoms with Crippen LogP contribution in [0.2, 0.25) is 0 Å². The Morgan fingerprint density at radius 3 is 2.67 bits per heavy atom. The zero-order valence-electron chi connectivity index (χ0n) is 22.4. The fraction of sp³-hybridized carbons (Fsp3) is 0.379. The SMILES string of the molecule is CCOC(=O)c1c(NC(=O)CSc2nnc(-c3csc(C)c3-c3ccccc3)n2CC)sc2c1CCCCC2. The number of aryl methyl sites for hydroxylation is 2. The smallest absolute Gasteiger partial charge is 0.341 e. The highest BCUT2D eigenvalue weighted by molar-refractivity contribution is 7.99. The molecule has 204 valence electrons. The number of amides is 1. The first-order valence-electron chi connectivity index (χ1n) is 13.3. The van der Waals surface area contributed by atoms with Crippen molar-refractivity contribution in [3.05, 3.63) is 56.6 Å². The molecule has 0 atom stereocenters. The number of thioether (sulfide) groups is 1. The molecule has 1 N–H and O–H groups in total. The summed E-state index contributed by atoms with van der Waals surface area (Å²) < 4.78 is 7.41. The van der Waals surface area contributed by atoms with Crippen LogP contribution < -0.4 is 5.32 Å². The standard InChI is InChI=1S/C29H32N4O3S3/c1-4-33-26(21-16-37-18(3)24(21)19-12-8-6-9-13-19)31-32-29(33)38-17-23(34)30-27-25(28(35)36-5-2)20-14-10-7-11-15-22(20)39-27/h6,8-9,12-13,16H,4-5,7,10-11,14-15,17H2,1-3H3,(H,30,34). The summed E-state index contributed by atoms with van der Waals surface area (Å²) in [5.41, 5.74) is 4.96. The van der Waals surface area contributed by atoms with Crippen molar-refractivity contribution in [2.24, 2.45) is 0 Å². The van der Waals surface area contributed by atoms with Gasteiger partial charge >= 0.3 is 5.97 Å². The second-order valence-electron chi connectivity index (χ2n) is 9.32. The first kappa shape index (κ1) is 27.6. The van der Waals surface area contributed by atoms with Crippen molar-refractivity contribution in [3.8, 4) is 22.5 Å². The Kier molecular flexibility index (Phi) is 8.84. The first-order chi connectivity index (χ1) is 19.0. The summed E-state index contributed by atoms with van der Waals surface area (Å²) in [6, 6.07) is 10.3. The third kappa shape index (κ3) is 5.83. The van der Waals surface area contributed by atoms with Crippen LogP contribution in [-0.4, -0.2) is 39.0 Å². The van der Waals surface area contributed by atoms with Gasteiger partial charge < -0.3 is 14.6 Å². The number of nitrogens with one attached hydrogen (secondary N) is 1. The second-order valence-corrected chi connectivity index (χ2v) is 12.5. The molecule has 1 aliphatic rings. The van der Waals surface area contributed by atoms with E-state index in [9.17, 15) is 9.59 Å². The number of nitrogens with zero attached hydrogens (tertiary/aromatic N) is 3. The van der Waals surface area contributed by atoms with Crippen LogP contribution in [0.15, 0.2) is 40.9 Å². The molecule has 0 saturated heterocycles. The summed E-state index contributed by atoms with van der Waals surface area (Å²) in [6.45, 7) is 6.97. The van der Waals surface area contributed by atoms with Crippen LogP contribution in [0.1, 0.15) is 58.8 Å². The Labute approximate surface area is 241 Å². The minimum Gasteiger partial charge on any atom is -0.462 e. The predicted octanol–water partition coefficient (Wildman–Crippen LogP) is 7.24. The van der Waals surface area contributed by atoms with Gasteiger partial charge in [-0.05, 0) is 57.6 Å². The summed E-state index contributed by atoms with van der Waals surface area (Å²) in [5.74, 6) is 0.438. The molecule has 4 aromatic rings. The lowest BCUT2D eigenvalue weighted by Gasteiger charge is -2.10. The van der Waals surface area contributed by atoms with Crippen molar-refractivity contribution in [1.82, 2.24) is 14.8 Å². The van der Waals surface area contributed by atoms with Crippen LogP contribution in [0.4, 0.5) is 5.00 Å². The molecule has 0 aliphatic heterocycles. The van der Waals surface area contributed by atoms with Crippen LogP contribution >= 0.6 is 34.4 Å². The third-order valence-corrected chi connectivity index (χ3v) is 9.88. The van der Waals surface area contributed by atoms with Gasteiger partial charge in [-0.25, -0.2) is 4.79 Å². The molecule has 1 aromatic carbocycles. The molecule has 7 nitrogen and oxygen atoms in total. The highest BCUT2D eigenvalue weighted by Crippen LogP contribution is 2.40. The largest absolute Gasteiger partial charge is 0.462 e. The topological polar surface area (TPSA) is 86.1 Å². The molecule has 0 fully saturated rings. The molecule has 0 saturated carbocycles. The number of anilines is 1. The van der Waals surface area contributed by atoms with Crippen molar-refractivity contribution >= 4 is 51.3 Å². The summed E-state index contributed by atoms with van der Waals surface area (Å²) >= 11 is 4.57. The van der Waals surface area contributed by atoms with E-state index in [-0.39, 0.29) is 17.6 Å². The van der Waals surface area contributed by atoms with Gasteiger partial charge in [0, 0.05) is 32.8 Å². The molecule has 1 aliphatic carbocycles. The molecule has 0 spiro atoms. The average molecular weight is 581 g/mol. The van der Waals surface area contributed by atoms with E-state index in [2.05, 4.69) is 51.4 Å². The maximum absolute atomic E-state index is 13.1. The number of hydrogen-bond acceptors (Lipinski definition) is 8. The number of carbonyl (C=O) groups excluding carboxylic acids is 2. The van der Waals surface area contributed by atoms with E-state index < -0.39 is 0 Å². The Morgan fingerprint density at radius 2 is 1.90 bits per heavy atom. The quantitative estimate of drug-likeness (QED) is 0.128. The highest BCUT2D eigenvalue weighted by Gasteiger charge is 2.27. The fourth-order valence-corrected chi connectivity index (χ4v) is 7.96. The molecule has 39 heavy (non-hydrogen) atoms. The maximum atomic E-state index is 13.1. The Bertz CT molecular complexity index is 1470. The average Bonchev–Trinajstić information content (AvgIpc) is 3.57. The summed E-state index contributed by atoms with van der Waals surface area (Å²) in [7, 11) is 0. The molecular formula is C29H32N4O3S3. The maximum Gasteiger partial charge on any atom is 0.341 e. The molecule has 3 aromatic heterocycles. The van der Waals surface area contributed by atoms with E-state index in [1.165, 1.54) is 38.4 Å². The van der Waals surface area contributed by atoms with Crippen LogP contribution in [0.25, 0.3) is 22.5 Å². The lowest BCUT2D eigenvalue weighted by Crippen LogP contribution is -2.17. The zero-order chi connectivity index (χ0) is 27.4. The molecule has 1 amide bonds. The summed E-state index contributed by atoms with van der Waals surface area (Å²) in [6.07, 6.45) is 5.08. The van der Waals surface area contributed by atoms with Crippen LogP contribution in [0.5, 0.6) is 0 Å². The number of esters is 1. The van der Waals surface area contributed by atoms with E-state index in [4.69, 9.17) is 4.74 Å². The van der Waals surface area contributed by atoms with E-state index in [0.29, 0.717) is 28.9 Å². The second kappa shape index (κ2) is 12.5. The van der Waals surface area contributed by atoms with Gasteiger partial charge in [0.05, 0.1) is 17.9 Å². The van der Waals surface area contributed by atoms with E-state index in [1.807, 2.05) is 18.2 Å². The number of aromatic nitrogens is 3. The van der Waals surface area contributed by atoms with Crippen LogP contribution in [0.3, 0.4) is 0 Å². The molecular weight excluding hydrogens is 549 g/mol. The first-order valence-corrected chi connectivity index (χ1v) is 16.0. The minimum atomic E-state index is -0.351. The van der Waals surface area contributed by atoms with Gasteiger partial charge in [0.1, 0.15) is 5.00 Å². The van der Waals surface area contributed by atoms with Gasteiger partial charge in [0.25, 0.3) is 0 Å². The number of hydrogen-bond donors (Lipinski definition) is 1. The summed E-state index contributed by atoms with van der Waals surface area (Å²) in [5, 5.41) is 15.4. The third-order valence-electron chi connectivity index (χ3n) is 6.80.